The topological polar surface area (TPSA) is 73.1 Å². The van der Waals surface area contributed by atoms with Crippen molar-refractivity contribution < 1.29 is 4.79 Å². The minimum absolute atomic E-state index is 0.262. The Balaban J connectivity index is 1.68. The summed E-state index contributed by atoms with van der Waals surface area (Å²) in [6.45, 7) is 1.36. The molecule has 0 saturated heterocycles. The van der Waals surface area contributed by atoms with E-state index in [1.54, 1.807) is 12.4 Å². The van der Waals surface area contributed by atoms with Gasteiger partial charge in [-0.05, 0) is 36.3 Å². The molecule has 0 saturated carbocycles. The number of urea groups is 1. The van der Waals surface area contributed by atoms with Gasteiger partial charge in [-0.15, -0.1) is 0 Å². The second-order valence-corrected chi connectivity index (χ2v) is 6.39. The Morgan fingerprint density at radius 3 is 2.58 bits per heavy atom. The van der Waals surface area contributed by atoms with Crippen molar-refractivity contribution in [3.05, 3.63) is 72.1 Å². The minimum atomic E-state index is -0.262. The summed E-state index contributed by atoms with van der Waals surface area (Å²) in [6, 6.07) is 16.4. The average Bonchev–Trinajstić information content (AvgIpc) is 3.13. The third-order valence-electron chi connectivity index (χ3n) is 3.98. The Labute approximate surface area is 153 Å². The van der Waals surface area contributed by atoms with Crippen molar-refractivity contribution in [1.82, 2.24) is 20.4 Å². The number of aromatic nitrogens is 2. The second-order valence-electron chi connectivity index (χ2n) is 6.39. The highest BCUT2D eigenvalue weighted by Gasteiger charge is 2.07. The monoisotopic (exact) mass is 349 g/mol. The smallest absolute Gasteiger partial charge is 0.319 e. The lowest BCUT2D eigenvalue weighted by molar-refractivity contribution is 0.252. The van der Waals surface area contributed by atoms with Crippen molar-refractivity contribution in [1.29, 1.82) is 0 Å². The third kappa shape index (κ3) is 4.70. The van der Waals surface area contributed by atoms with Crippen molar-refractivity contribution in [2.24, 2.45) is 0 Å². The molecule has 6 heteroatoms. The summed E-state index contributed by atoms with van der Waals surface area (Å²) in [6.07, 6.45) is 3.19. The molecule has 0 atom stereocenters. The standard InChI is InChI=1S/C20H23N5O/c1-25(2)14-15-7-9-16(10-8-15)19-6-4-3-5-17(19)11-21-20(26)24-18-12-22-23-13-18/h3-10,12-13H,11,14H2,1-2H3,(H,22,23)(H2,21,24,26). The highest BCUT2D eigenvalue weighted by Crippen LogP contribution is 2.24. The molecule has 0 bridgehead atoms. The van der Waals surface area contributed by atoms with E-state index >= 15 is 0 Å². The SMILES string of the molecule is CN(C)Cc1ccc(-c2ccccc2CNC(=O)Nc2cn[nH]c2)cc1. The molecular weight excluding hydrogens is 326 g/mol. The molecule has 0 aliphatic heterocycles. The van der Waals surface area contributed by atoms with Crippen molar-refractivity contribution >= 4 is 11.7 Å². The number of nitrogens with one attached hydrogen (secondary N) is 3. The van der Waals surface area contributed by atoms with Crippen LogP contribution in [0.1, 0.15) is 11.1 Å². The molecule has 3 N–H and O–H groups in total. The molecule has 0 radical (unpaired) electrons. The molecular formula is C20H23N5O. The summed E-state index contributed by atoms with van der Waals surface area (Å²) in [4.78, 5) is 14.2. The number of nitrogens with zero attached hydrogens (tertiary/aromatic N) is 2. The first-order chi connectivity index (χ1) is 12.6. The predicted octanol–water partition coefficient (Wildman–Crippen LogP) is 3.46. The number of aromatic amines is 1. The molecule has 0 fully saturated rings. The van der Waals surface area contributed by atoms with Gasteiger partial charge in [0.2, 0.25) is 0 Å². The molecule has 26 heavy (non-hydrogen) atoms. The van der Waals surface area contributed by atoms with Crippen LogP contribution in [0.4, 0.5) is 10.5 Å². The predicted molar refractivity (Wildman–Crippen MR) is 104 cm³/mol. The van der Waals surface area contributed by atoms with E-state index in [-0.39, 0.29) is 6.03 Å². The summed E-state index contributed by atoms with van der Waals surface area (Å²) in [7, 11) is 4.12. The van der Waals surface area contributed by atoms with Crippen LogP contribution in [0.5, 0.6) is 0 Å². The van der Waals surface area contributed by atoms with Gasteiger partial charge in [0.05, 0.1) is 11.9 Å². The fourth-order valence-electron chi connectivity index (χ4n) is 2.78. The number of carbonyl (C=O) groups is 1. The molecule has 2 aromatic carbocycles. The number of hydrogen-bond donors (Lipinski definition) is 3. The van der Waals surface area contributed by atoms with Crippen LogP contribution in [-0.4, -0.2) is 35.2 Å². The summed E-state index contributed by atoms with van der Waals surface area (Å²) in [5.74, 6) is 0. The van der Waals surface area contributed by atoms with E-state index in [4.69, 9.17) is 0 Å². The van der Waals surface area contributed by atoms with Crippen LogP contribution in [0.15, 0.2) is 60.9 Å². The summed E-state index contributed by atoms with van der Waals surface area (Å²) < 4.78 is 0. The number of anilines is 1. The van der Waals surface area contributed by atoms with Crippen molar-refractivity contribution in [2.75, 3.05) is 19.4 Å². The van der Waals surface area contributed by atoms with Gasteiger partial charge in [0.1, 0.15) is 0 Å². The van der Waals surface area contributed by atoms with Crippen molar-refractivity contribution in [2.45, 2.75) is 13.1 Å². The first-order valence-electron chi connectivity index (χ1n) is 8.47. The van der Waals surface area contributed by atoms with Crippen LogP contribution in [-0.2, 0) is 13.1 Å². The molecule has 134 valence electrons. The molecule has 0 aliphatic carbocycles. The van der Waals surface area contributed by atoms with Gasteiger partial charge in [-0.25, -0.2) is 4.79 Å². The van der Waals surface area contributed by atoms with Gasteiger partial charge in [0.25, 0.3) is 0 Å². The maximum absolute atomic E-state index is 12.0. The molecule has 1 heterocycles. The second kappa shape index (κ2) is 8.31. The zero-order valence-corrected chi connectivity index (χ0v) is 15.0. The van der Waals surface area contributed by atoms with Gasteiger partial charge in [-0.1, -0.05) is 48.5 Å². The lowest BCUT2D eigenvalue weighted by Crippen LogP contribution is -2.28. The summed E-state index contributed by atoms with van der Waals surface area (Å²) in [5, 5.41) is 12.1. The number of H-pyrrole nitrogens is 1. The third-order valence-corrected chi connectivity index (χ3v) is 3.98. The van der Waals surface area contributed by atoms with E-state index in [0.29, 0.717) is 12.2 Å². The number of rotatable bonds is 6. The molecule has 0 unspecified atom stereocenters. The maximum atomic E-state index is 12.0. The lowest BCUT2D eigenvalue weighted by Gasteiger charge is -2.13. The van der Waals surface area contributed by atoms with Gasteiger partial charge < -0.3 is 15.5 Å². The van der Waals surface area contributed by atoms with Crippen LogP contribution >= 0.6 is 0 Å². The Morgan fingerprint density at radius 2 is 1.88 bits per heavy atom. The highest BCUT2D eigenvalue weighted by atomic mass is 16.2. The first-order valence-corrected chi connectivity index (χ1v) is 8.47. The maximum Gasteiger partial charge on any atom is 0.319 e. The van der Waals surface area contributed by atoms with Crippen LogP contribution in [0.25, 0.3) is 11.1 Å². The van der Waals surface area contributed by atoms with Gasteiger partial charge in [-0.3, -0.25) is 5.10 Å². The first kappa shape index (κ1) is 17.7. The van der Waals surface area contributed by atoms with E-state index in [2.05, 4.69) is 70.2 Å². The lowest BCUT2D eigenvalue weighted by atomic mass is 9.98. The molecule has 3 aromatic rings. The zero-order chi connectivity index (χ0) is 18.4. The molecule has 3 rings (SSSR count). The molecule has 0 spiro atoms. The molecule has 2 amide bonds. The van der Waals surface area contributed by atoms with Crippen LogP contribution < -0.4 is 10.6 Å². The number of amides is 2. The quantitative estimate of drug-likeness (QED) is 0.638. The number of hydrogen-bond acceptors (Lipinski definition) is 3. The van der Waals surface area contributed by atoms with Crippen LogP contribution in [0.2, 0.25) is 0 Å². The van der Waals surface area contributed by atoms with E-state index in [0.717, 1.165) is 23.2 Å². The van der Waals surface area contributed by atoms with Gasteiger partial charge in [-0.2, -0.15) is 5.10 Å². The van der Waals surface area contributed by atoms with Crippen molar-refractivity contribution in [3.8, 4) is 11.1 Å². The van der Waals surface area contributed by atoms with E-state index in [1.807, 2.05) is 18.2 Å². The zero-order valence-electron chi connectivity index (χ0n) is 15.0. The largest absolute Gasteiger partial charge is 0.334 e. The fraction of sp³-hybridized carbons (Fsp3) is 0.200. The fourth-order valence-corrected chi connectivity index (χ4v) is 2.78. The van der Waals surface area contributed by atoms with Gasteiger partial charge in [0, 0.05) is 19.3 Å². The Morgan fingerprint density at radius 1 is 1.12 bits per heavy atom. The molecule has 1 aromatic heterocycles. The normalized spacial score (nSPS) is 10.7. The van der Waals surface area contributed by atoms with Gasteiger partial charge >= 0.3 is 6.03 Å². The number of benzene rings is 2. The average molecular weight is 349 g/mol. The Kier molecular flexibility index (Phi) is 5.66. The van der Waals surface area contributed by atoms with Crippen LogP contribution in [0.3, 0.4) is 0 Å². The van der Waals surface area contributed by atoms with E-state index in [1.165, 1.54) is 5.56 Å². The molecule has 0 aliphatic rings. The highest BCUT2D eigenvalue weighted by molar-refractivity contribution is 5.89. The number of carbonyl (C=O) groups excluding carboxylic acids is 1. The summed E-state index contributed by atoms with van der Waals surface area (Å²) in [5.41, 5.74) is 5.23. The van der Waals surface area contributed by atoms with Crippen LogP contribution in [0, 0.1) is 0 Å². The molecule has 6 nitrogen and oxygen atoms in total. The Hall–Kier alpha value is -3.12. The van der Waals surface area contributed by atoms with Gasteiger partial charge in [0.15, 0.2) is 0 Å². The van der Waals surface area contributed by atoms with E-state index < -0.39 is 0 Å². The summed E-state index contributed by atoms with van der Waals surface area (Å²) >= 11 is 0. The van der Waals surface area contributed by atoms with E-state index in [9.17, 15) is 4.79 Å². The minimum Gasteiger partial charge on any atom is -0.334 e. The Bertz CT molecular complexity index is 841. The van der Waals surface area contributed by atoms with Crippen molar-refractivity contribution in [3.63, 3.8) is 0 Å².